The summed E-state index contributed by atoms with van der Waals surface area (Å²) < 4.78 is 1.77. The molecule has 0 saturated heterocycles. The first-order valence-corrected chi connectivity index (χ1v) is 5.86. The molecular formula is C12H22N4O. The average Bonchev–Trinajstić information content (AvgIpc) is 2.45. The molecule has 17 heavy (non-hydrogen) atoms. The van der Waals surface area contributed by atoms with Crippen LogP contribution in [0.25, 0.3) is 0 Å². The predicted molar refractivity (Wildman–Crippen MR) is 69.1 cm³/mol. The van der Waals surface area contributed by atoms with E-state index in [-0.39, 0.29) is 5.91 Å². The molecule has 0 spiro atoms. The summed E-state index contributed by atoms with van der Waals surface area (Å²) in [5.41, 5.74) is 2.03. The van der Waals surface area contributed by atoms with Gasteiger partial charge in [-0.2, -0.15) is 5.10 Å². The largest absolute Gasteiger partial charge is 0.321 e. The topological polar surface area (TPSA) is 59.0 Å². The van der Waals surface area contributed by atoms with Gasteiger partial charge in [-0.3, -0.25) is 9.48 Å². The van der Waals surface area contributed by atoms with Crippen molar-refractivity contribution in [2.75, 3.05) is 11.9 Å². The van der Waals surface area contributed by atoms with Crippen LogP contribution in [0.1, 0.15) is 32.2 Å². The highest BCUT2D eigenvalue weighted by molar-refractivity contribution is 5.98. The maximum Gasteiger partial charge on any atom is 0.244 e. The number of nitrogens with one attached hydrogen (secondary N) is 2. The van der Waals surface area contributed by atoms with Gasteiger partial charge in [-0.15, -0.1) is 0 Å². The Labute approximate surface area is 103 Å². The first-order chi connectivity index (χ1) is 7.79. The van der Waals surface area contributed by atoms with Crippen molar-refractivity contribution in [2.45, 2.75) is 40.2 Å². The smallest absolute Gasteiger partial charge is 0.244 e. The summed E-state index contributed by atoms with van der Waals surface area (Å²) in [6, 6.07) is 0. The van der Waals surface area contributed by atoms with Gasteiger partial charge in [0.25, 0.3) is 0 Å². The summed E-state index contributed by atoms with van der Waals surface area (Å²) in [4.78, 5) is 12.1. The zero-order valence-corrected chi connectivity index (χ0v) is 11.5. The lowest BCUT2D eigenvalue weighted by Crippen LogP contribution is -2.49. The highest BCUT2D eigenvalue weighted by atomic mass is 16.2. The van der Waals surface area contributed by atoms with E-state index in [2.05, 4.69) is 15.7 Å². The molecule has 0 aromatic carbocycles. The number of carbonyl (C=O) groups excluding carboxylic acids is 1. The molecule has 1 aromatic heterocycles. The number of hydrogen-bond donors (Lipinski definition) is 2. The Bertz CT molecular complexity index is 420. The quantitative estimate of drug-likeness (QED) is 0.832. The highest BCUT2D eigenvalue weighted by Gasteiger charge is 2.27. The van der Waals surface area contributed by atoms with Gasteiger partial charge in [0.05, 0.1) is 22.6 Å². The highest BCUT2D eigenvalue weighted by Crippen LogP contribution is 2.19. The van der Waals surface area contributed by atoms with Gasteiger partial charge in [0.1, 0.15) is 0 Å². The Balaban J connectivity index is 2.88. The van der Waals surface area contributed by atoms with Gasteiger partial charge in [-0.1, -0.05) is 6.92 Å². The van der Waals surface area contributed by atoms with Crippen molar-refractivity contribution < 1.29 is 4.79 Å². The Morgan fingerprint density at radius 1 is 1.41 bits per heavy atom. The van der Waals surface area contributed by atoms with Gasteiger partial charge in [0.2, 0.25) is 5.91 Å². The van der Waals surface area contributed by atoms with Crippen LogP contribution in [0.15, 0.2) is 0 Å². The van der Waals surface area contributed by atoms with Gasteiger partial charge < -0.3 is 10.6 Å². The SMILES string of the molecule is CCNC(C)(C)C(=O)Nc1c(C)nn(C)c1C. The lowest BCUT2D eigenvalue weighted by Gasteiger charge is -2.24. The Morgan fingerprint density at radius 2 is 2.00 bits per heavy atom. The van der Waals surface area contributed by atoms with E-state index >= 15 is 0 Å². The number of nitrogens with zero attached hydrogens (tertiary/aromatic N) is 2. The molecule has 0 atom stereocenters. The normalized spacial score (nSPS) is 11.6. The van der Waals surface area contributed by atoms with Crippen molar-refractivity contribution in [2.24, 2.45) is 7.05 Å². The standard InChI is InChI=1S/C12H22N4O/c1-7-13-12(4,5)11(17)14-10-8(2)15-16(6)9(10)3/h13H,7H2,1-6H3,(H,14,17). The van der Waals surface area contributed by atoms with Crippen LogP contribution >= 0.6 is 0 Å². The predicted octanol–water partition coefficient (Wildman–Crippen LogP) is 1.36. The van der Waals surface area contributed by atoms with E-state index in [0.717, 1.165) is 23.6 Å². The summed E-state index contributed by atoms with van der Waals surface area (Å²) in [5.74, 6) is -0.0430. The number of hydrogen-bond acceptors (Lipinski definition) is 3. The van der Waals surface area contributed by atoms with E-state index in [1.807, 2.05) is 41.7 Å². The summed E-state index contributed by atoms with van der Waals surface area (Å²) >= 11 is 0. The number of rotatable bonds is 4. The summed E-state index contributed by atoms with van der Waals surface area (Å²) in [5, 5.41) is 10.4. The molecule has 2 N–H and O–H groups in total. The maximum atomic E-state index is 12.1. The van der Waals surface area contributed by atoms with E-state index in [4.69, 9.17) is 0 Å². The van der Waals surface area contributed by atoms with Crippen LogP contribution in [0.3, 0.4) is 0 Å². The van der Waals surface area contributed by atoms with Crippen molar-refractivity contribution in [3.05, 3.63) is 11.4 Å². The molecular weight excluding hydrogens is 216 g/mol. The van der Waals surface area contributed by atoms with Crippen LogP contribution in [0.2, 0.25) is 0 Å². The molecule has 0 fully saturated rings. The summed E-state index contributed by atoms with van der Waals surface area (Å²) in [6.45, 7) is 10.3. The fourth-order valence-electron chi connectivity index (χ4n) is 1.75. The molecule has 1 rings (SSSR count). The summed E-state index contributed by atoms with van der Waals surface area (Å²) in [6.07, 6.45) is 0. The number of anilines is 1. The van der Waals surface area contributed by atoms with Crippen molar-refractivity contribution in [3.63, 3.8) is 0 Å². The first-order valence-electron chi connectivity index (χ1n) is 5.86. The summed E-state index contributed by atoms with van der Waals surface area (Å²) in [7, 11) is 1.87. The van der Waals surface area contributed by atoms with Crippen LogP contribution in [0.4, 0.5) is 5.69 Å². The van der Waals surface area contributed by atoms with Crippen molar-refractivity contribution in [1.29, 1.82) is 0 Å². The minimum atomic E-state index is -0.580. The maximum absolute atomic E-state index is 12.1. The van der Waals surface area contributed by atoms with Crippen molar-refractivity contribution >= 4 is 11.6 Å². The third kappa shape index (κ3) is 2.85. The number of amides is 1. The van der Waals surface area contributed by atoms with E-state index in [1.54, 1.807) is 4.68 Å². The molecule has 0 aliphatic rings. The zero-order valence-electron chi connectivity index (χ0n) is 11.5. The molecule has 1 heterocycles. The fourth-order valence-corrected chi connectivity index (χ4v) is 1.75. The van der Waals surface area contributed by atoms with E-state index in [9.17, 15) is 4.79 Å². The lowest BCUT2D eigenvalue weighted by atomic mass is 10.0. The Morgan fingerprint density at radius 3 is 2.41 bits per heavy atom. The van der Waals surface area contributed by atoms with Gasteiger partial charge in [0.15, 0.2) is 0 Å². The second kappa shape index (κ2) is 4.87. The van der Waals surface area contributed by atoms with E-state index in [1.165, 1.54) is 0 Å². The fraction of sp³-hybridized carbons (Fsp3) is 0.667. The monoisotopic (exact) mass is 238 g/mol. The van der Waals surface area contributed by atoms with E-state index in [0.29, 0.717) is 0 Å². The van der Waals surface area contributed by atoms with Gasteiger partial charge in [-0.05, 0) is 34.2 Å². The molecule has 0 aliphatic heterocycles. The number of carbonyl (C=O) groups is 1. The first kappa shape index (κ1) is 13.7. The van der Waals surface area contributed by atoms with Crippen LogP contribution in [0.5, 0.6) is 0 Å². The molecule has 0 saturated carbocycles. The van der Waals surface area contributed by atoms with Crippen molar-refractivity contribution in [3.8, 4) is 0 Å². The van der Waals surface area contributed by atoms with Crippen LogP contribution in [-0.4, -0.2) is 27.8 Å². The van der Waals surface area contributed by atoms with Gasteiger partial charge >= 0.3 is 0 Å². The number of aryl methyl sites for hydroxylation is 2. The minimum Gasteiger partial charge on any atom is -0.321 e. The molecule has 5 nitrogen and oxygen atoms in total. The molecule has 0 bridgehead atoms. The zero-order chi connectivity index (χ0) is 13.2. The molecule has 0 unspecified atom stereocenters. The third-order valence-electron chi connectivity index (χ3n) is 2.93. The average molecular weight is 238 g/mol. The van der Waals surface area contributed by atoms with Crippen LogP contribution in [0, 0.1) is 13.8 Å². The molecule has 96 valence electrons. The van der Waals surface area contributed by atoms with Gasteiger partial charge in [0, 0.05) is 7.05 Å². The number of aromatic nitrogens is 2. The lowest BCUT2D eigenvalue weighted by molar-refractivity contribution is -0.121. The second-order valence-electron chi connectivity index (χ2n) is 4.78. The molecule has 5 heteroatoms. The molecule has 1 aromatic rings. The minimum absolute atomic E-state index is 0.0430. The van der Waals surface area contributed by atoms with Crippen LogP contribution in [-0.2, 0) is 11.8 Å². The van der Waals surface area contributed by atoms with Gasteiger partial charge in [-0.25, -0.2) is 0 Å². The Hall–Kier alpha value is -1.36. The molecule has 1 amide bonds. The van der Waals surface area contributed by atoms with E-state index < -0.39 is 5.54 Å². The molecule has 0 aliphatic carbocycles. The Kier molecular flexibility index (Phi) is 3.93. The van der Waals surface area contributed by atoms with Crippen LogP contribution < -0.4 is 10.6 Å². The third-order valence-corrected chi connectivity index (χ3v) is 2.93. The number of likely N-dealkylation sites (N-methyl/N-ethyl adjacent to an activating group) is 1. The second-order valence-corrected chi connectivity index (χ2v) is 4.78. The van der Waals surface area contributed by atoms with Crippen molar-refractivity contribution in [1.82, 2.24) is 15.1 Å². The molecule has 0 radical (unpaired) electrons.